The van der Waals surface area contributed by atoms with E-state index in [0.717, 1.165) is 0 Å². The van der Waals surface area contributed by atoms with E-state index in [2.05, 4.69) is 23.7 Å². The number of rotatable bonds is 3. The van der Waals surface area contributed by atoms with E-state index in [9.17, 15) is 9.59 Å². The largest absolute Gasteiger partial charge is 0.481 e. The van der Waals surface area contributed by atoms with Gasteiger partial charge in [0.1, 0.15) is 0 Å². The lowest BCUT2D eigenvalue weighted by atomic mass is 10.3. The second kappa shape index (κ2) is 10.0. The van der Waals surface area contributed by atoms with E-state index in [1.807, 2.05) is 6.92 Å². The molecule has 0 aliphatic rings. The van der Waals surface area contributed by atoms with Crippen molar-refractivity contribution in [1.82, 2.24) is 0 Å². The quantitative estimate of drug-likeness (QED) is 0.403. The van der Waals surface area contributed by atoms with Crippen molar-refractivity contribution in [3.63, 3.8) is 0 Å². The maximum atomic E-state index is 10.2. The number of carbonyl (C=O) groups excluding carboxylic acids is 1. The molecule has 1 N–H and O–H groups in total. The second-order valence-electron chi connectivity index (χ2n) is 1.77. The van der Waals surface area contributed by atoms with Crippen LogP contribution in [0.15, 0.2) is 12.7 Å². The summed E-state index contributed by atoms with van der Waals surface area (Å²) in [5, 5.41) is 8.03. The van der Waals surface area contributed by atoms with Gasteiger partial charge >= 0.3 is 11.9 Å². The fourth-order valence-electron chi connectivity index (χ4n) is 0.255. The summed E-state index contributed by atoms with van der Waals surface area (Å²) in [6.45, 7) is 5.25. The molecular weight excluding hydrogens is 180 g/mol. The van der Waals surface area contributed by atoms with Crippen molar-refractivity contribution in [3.8, 4) is 0 Å². The van der Waals surface area contributed by atoms with Gasteiger partial charge in [-0.3, -0.25) is 9.59 Å². The topological polar surface area (TPSA) is 63.6 Å². The van der Waals surface area contributed by atoms with Gasteiger partial charge in [-0.1, -0.05) is 6.08 Å². The number of hydrogen-bond acceptors (Lipinski definition) is 4. The Morgan fingerprint density at radius 3 is 2.25 bits per heavy atom. The molecule has 4 nitrogen and oxygen atoms in total. The standard InChI is InChI=1S/C4H6O4S.C3H6/c5-3(6)1-2-4(7)8-9;1-3-2/h9H,1-2H2,(H,5,6);3H,1H2,2H3. The van der Waals surface area contributed by atoms with Crippen LogP contribution in [0.4, 0.5) is 0 Å². The molecule has 0 saturated heterocycles. The number of carboxylic acids is 1. The Kier molecular flexibility index (Phi) is 11.4. The fraction of sp³-hybridized carbons (Fsp3) is 0.429. The lowest BCUT2D eigenvalue weighted by molar-refractivity contribution is -0.141. The zero-order valence-electron chi connectivity index (χ0n) is 6.82. The third-order valence-electron chi connectivity index (χ3n) is 0.645. The van der Waals surface area contributed by atoms with Crippen LogP contribution in [0, 0.1) is 0 Å². The minimum atomic E-state index is -1.02. The molecule has 0 unspecified atom stereocenters. The molecule has 0 aliphatic heterocycles. The number of hydrogen-bond donors (Lipinski definition) is 2. The first kappa shape index (κ1) is 13.6. The number of carboxylic acid groups (broad SMARTS) is 1. The lowest BCUT2D eigenvalue weighted by Crippen LogP contribution is -2.02. The highest BCUT2D eigenvalue weighted by molar-refractivity contribution is 7.75. The van der Waals surface area contributed by atoms with Crippen LogP contribution in [0.2, 0.25) is 0 Å². The van der Waals surface area contributed by atoms with E-state index in [4.69, 9.17) is 5.11 Å². The smallest absolute Gasteiger partial charge is 0.318 e. The molecule has 5 heteroatoms. The first-order chi connectivity index (χ1) is 5.58. The SMILES string of the molecule is C=CC.O=C(O)CCC(=O)OS. The van der Waals surface area contributed by atoms with Crippen LogP contribution in [0.5, 0.6) is 0 Å². The first-order valence-corrected chi connectivity index (χ1v) is 3.58. The third-order valence-corrected chi connectivity index (χ3v) is 0.848. The van der Waals surface area contributed by atoms with E-state index in [0.29, 0.717) is 0 Å². The van der Waals surface area contributed by atoms with Crippen molar-refractivity contribution in [2.75, 3.05) is 0 Å². The fourth-order valence-corrected chi connectivity index (χ4v) is 0.346. The van der Waals surface area contributed by atoms with Crippen molar-refractivity contribution < 1.29 is 18.9 Å². The second-order valence-corrected chi connectivity index (χ2v) is 1.95. The summed E-state index contributed by atoms with van der Waals surface area (Å²) >= 11 is 3.18. The molecule has 0 aromatic heterocycles. The van der Waals surface area contributed by atoms with Gasteiger partial charge in [-0.05, 0) is 6.92 Å². The predicted octanol–water partition coefficient (Wildman–Crippen LogP) is 1.43. The van der Waals surface area contributed by atoms with E-state index in [1.165, 1.54) is 0 Å². The molecule has 0 bridgehead atoms. The molecule has 0 saturated carbocycles. The number of allylic oxidation sites excluding steroid dienone is 1. The van der Waals surface area contributed by atoms with Gasteiger partial charge in [-0.15, -0.1) is 6.58 Å². The van der Waals surface area contributed by atoms with Gasteiger partial charge in [-0.2, -0.15) is 0 Å². The van der Waals surface area contributed by atoms with Crippen LogP contribution >= 0.6 is 12.9 Å². The highest BCUT2D eigenvalue weighted by Gasteiger charge is 2.03. The van der Waals surface area contributed by atoms with Crippen molar-refractivity contribution in [1.29, 1.82) is 0 Å². The summed E-state index contributed by atoms with van der Waals surface area (Å²) in [5.41, 5.74) is 0. The number of carbonyl (C=O) groups is 2. The van der Waals surface area contributed by atoms with Crippen molar-refractivity contribution in [2.24, 2.45) is 0 Å². The lowest BCUT2D eigenvalue weighted by Gasteiger charge is -1.91. The maximum Gasteiger partial charge on any atom is 0.318 e. The van der Waals surface area contributed by atoms with Gasteiger partial charge < -0.3 is 9.29 Å². The van der Waals surface area contributed by atoms with E-state index < -0.39 is 11.9 Å². The highest BCUT2D eigenvalue weighted by Crippen LogP contribution is 1.93. The third kappa shape index (κ3) is 16.0. The van der Waals surface area contributed by atoms with Crippen molar-refractivity contribution in [2.45, 2.75) is 19.8 Å². The van der Waals surface area contributed by atoms with E-state index >= 15 is 0 Å². The average Bonchev–Trinajstić information content (AvgIpc) is 2.01. The predicted molar refractivity (Wildman–Crippen MR) is 47.8 cm³/mol. The van der Waals surface area contributed by atoms with Crippen LogP contribution in [-0.4, -0.2) is 17.0 Å². The summed E-state index contributed by atoms with van der Waals surface area (Å²) in [6, 6.07) is 0. The van der Waals surface area contributed by atoms with Gasteiger partial charge in [0.05, 0.1) is 12.8 Å². The Labute approximate surface area is 76.8 Å². The Hall–Kier alpha value is -0.970. The molecular formula is C7H12O4S. The van der Waals surface area contributed by atoms with Crippen molar-refractivity contribution in [3.05, 3.63) is 12.7 Å². The minimum absolute atomic E-state index is 0.126. The Morgan fingerprint density at radius 2 is 2.00 bits per heavy atom. The van der Waals surface area contributed by atoms with Gasteiger partial charge in [0.25, 0.3) is 0 Å². The summed E-state index contributed by atoms with van der Waals surface area (Å²) in [5.74, 6) is -1.64. The van der Waals surface area contributed by atoms with Crippen LogP contribution in [-0.2, 0) is 13.8 Å². The molecule has 0 radical (unpaired) electrons. The molecule has 12 heavy (non-hydrogen) atoms. The van der Waals surface area contributed by atoms with Crippen LogP contribution < -0.4 is 0 Å². The Balaban J connectivity index is 0. The molecule has 0 aromatic carbocycles. The summed E-state index contributed by atoms with van der Waals surface area (Å²) in [7, 11) is 0. The minimum Gasteiger partial charge on any atom is -0.481 e. The Morgan fingerprint density at radius 1 is 1.58 bits per heavy atom. The molecule has 0 aliphatic carbocycles. The first-order valence-electron chi connectivity index (χ1n) is 3.21. The zero-order valence-corrected chi connectivity index (χ0v) is 7.71. The molecule has 70 valence electrons. The van der Waals surface area contributed by atoms with Crippen LogP contribution in [0.3, 0.4) is 0 Å². The zero-order chi connectivity index (χ0) is 9.98. The Bertz CT molecular complexity index is 155. The summed E-state index contributed by atoms with van der Waals surface area (Å²) in [6.07, 6.45) is 1.41. The monoisotopic (exact) mass is 192 g/mol. The molecule has 0 atom stereocenters. The molecule has 0 amide bonds. The molecule has 0 heterocycles. The molecule has 0 aromatic rings. The maximum absolute atomic E-state index is 10.2. The van der Waals surface area contributed by atoms with Crippen LogP contribution in [0.25, 0.3) is 0 Å². The number of aliphatic carboxylic acids is 1. The molecule has 0 rings (SSSR count). The van der Waals surface area contributed by atoms with E-state index in [-0.39, 0.29) is 12.8 Å². The van der Waals surface area contributed by atoms with Gasteiger partial charge in [0, 0.05) is 12.9 Å². The summed E-state index contributed by atoms with van der Waals surface area (Å²) in [4.78, 5) is 19.9. The van der Waals surface area contributed by atoms with Gasteiger partial charge in [-0.25, -0.2) is 0 Å². The van der Waals surface area contributed by atoms with Crippen molar-refractivity contribution >= 4 is 24.8 Å². The average molecular weight is 192 g/mol. The summed E-state index contributed by atoms with van der Waals surface area (Å²) < 4.78 is 3.89. The molecule has 0 fully saturated rings. The highest BCUT2D eigenvalue weighted by atomic mass is 32.1. The van der Waals surface area contributed by atoms with Gasteiger partial charge in [0.15, 0.2) is 0 Å². The van der Waals surface area contributed by atoms with Gasteiger partial charge in [0.2, 0.25) is 0 Å². The number of thiol groups is 1. The van der Waals surface area contributed by atoms with E-state index in [1.54, 1.807) is 6.08 Å². The van der Waals surface area contributed by atoms with Crippen LogP contribution in [0.1, 0.15) is 19.8 Å². The normalized spacial score (nSPS) is 7.50. The molecule has 0 spiro atoms.